The Hall–Kier alpha value is -3.97. The second-order valence-electron chi connectivity index (χ2n) is 8.08. The highest BCUT2D eigenvalue weighted by Gasteiger charge is 2.25. The number of aliphatic imine (C=N–C) groups is 1. The Morgan fingerprint density at radius 2 is 1.81 bits per heavy atom. The second kappa shape index (κ2) is 10.3. The molecule has 0 N–H and O–H groups in total. The van der Waals surface area contributed by atoms with Crippen LogP contribution < -0.4 is 9.47 Å². The number of hydrogen-bond donors (Lipinski definition) is 0. The molecule has 1 aliphatic rings. The summed E-state index contributed by atoms with van der Waals surface area (Å²) in [7, 11) is 0. The standard InChI is InChI=1S/C29H21BrFNO4/c1-2-34-26-15-19(13-24(30)27(26)35-17-18-6-5-9-23(31)12-18)14-25-29(33)36-28(32-25)22-11-10-20-7-3-4-8-21(20)16-22/h3-16H,2,17H2,1H3/b25-14-. The molecule has 0 unspecified atom stereocenters. The van der Waals surface area contributed by atoms with Crippen LogP contribution in [0.5, 0.6) is 11.5 Å². The minimum Gasteiger partial charge on any atom is -0.490 e. The molecule has 0 amide bonds. The molecule has 0 bridgehead atoms. The normalized spacial score (nSPS) is 14.1. The first-order valence-electron chi connectivity index (χ1n) is 11.4. The van der Waals surface area contributed by atoms with Crippen molar-refractivity contribution in [3.05, 3.63) is 112 Å². The third-order valence-corrected chi connectivity index (χ3v) is 6.11. The summed E-state index contributed by atoms with van der Waals surface area (Å²) in [5.41, 5.74) is 2.28. The summed E-state index contributed by atoms with van der Waals surface area (Å²) in [5.74, 6) is 0.377. The number of nitrogens with zero attached hydrogens (tertiary/aromatic N) is 1. The fourth-order valence-corrected chi connectivity index (χ4v) is 4.44. The molecule has 0 radical (unpaired) electrons. The van der Waals surface area contributed by atoms with Gasteiger partial charge in [-0.2, -0.15) is 0 Å². The molecule has 1 heterocycles. The van der Waals surface area contributed by atoms with Crippen LogP contribution in [0.3, 0.4) is 0 Å². The molecular formula is C29H21BrFNO4. The van der Waals surface area contributed by atoms with E-state index in [0.29, 0.717) is 33.7 Å². The molecule has 0 atom stereocenters. The Bertz CT molecular complexity index is 1530. The van der Waals surface area contributed by atoms with Gasteiger partial charge in [0, 0.05) is 5.56 Å². The molecule has 7 heteroatoms. The smallest absolute Gasteiger partial charge is 0.363 e. The van der Waals surface area contributed by atoms with Crippen LogP contribution in [-0.2, 0) is 16.1 Å². The van der Waals surface area contributed by atoms with Crippen LogP contribution in [-0.4, -0.2) is 18.5 Å². The molecule has 180 valence electrons. The summed E-state index contributed by atoms with van der Waals surface area (Å²) in [5, 5.41) is 2.13. The van der Waals surface area contributed by atoms with E-state index in [-0.39, 0.29) is 24.0 Å². The Kier molecular flexibility index (Phi) is 6.82. The van der Waals surface area contributed by atoms with E-state index in [1.165, 1.54) is 12.1 Å². The van der Waals surface area contributed by atoms with Gasteiger partial charge in [-0.1, -0.05) is 42.5 Å². The highest BCUT2D eigenvalue weighted by atomic mass is 79.9. The minimum absolute atomic E-state index is 0.169. The van der Waals surface area contributed by atoms with Crippen molar-refractivity contribution >= 4 is 44.6 Å². The number of fused-ring (bicyclic) bond motifs is 1. The first-order valence-corrected chi connectivity index (χ1v) is 12.1. The Morgan fingerprint density at radius 3 is 2.61 bits per heavy atom. The van der Waals surface area contributed by atoms with E-state index >= 15 is 0 Å². The van der Waals surface area contributed by atoms with Crippen LogP contribution in [0.4, 0.5) is 4.39 Å². The minimum atomic E-state index is -0.529. The van der Waals surface area contributed by atoms with Crippen molar-refractivity contribution in [2.45, 2.75) is 13.5 Å². The molecule has 0 saturated heterocycles. The summed E-state index contributed by atoms with van der Waals surface area (Å²) < 4.78 is 31.3. The second-order valence-corrected chi connectivity index (χ2v) is 8.93. The topological polar surface area (TPSA) is 57.1 Å². The highest BCUT2D eigenvalue weighted by molar-refractivity contribution is 9.10. The fourth-order valence-electron chi connectivity index (χ4n) is 3.87. The Labute approximate surface area is 216 Å². The van der Waals surface area contributed by atoms with Crippen molar-refractivity contribution in [1.29, 1.82) is 0 Å². The van der Waals surface area contributed by atoms with Gasteiger partial charge in [0.1, 0.15) is 12.4 Å². The van der Waals surface area contributed by atoms with Crippen molar-refractivity contribution in [2.24, 2.45) is 4.99 Å². The zero-order chi connectivity index (χ0) is 25.1. The molecule has 0 aliphatic carbocycles. The third-order valence-electron chi connectivity index (χ3n) is 5.52. The Balaban J connectivity index is 1.42. The van der Waals surface area contributed by atoms with Crippen molar-refractivity contribution in [1.82, 2.24) is 0 Å². The number of hydrogen-bond acceptors (Lipinski definition) is 5. The number of carbonyl (C=O) groups is 1. The molecule has 0 spiro atoms. The van der Waals surface area contributed by atoms with E-state index in [9.17, 15) is 9.18 Å². The lowest BCUT2D eigenvalue weighted by Gasteiger charge is -2.15. The van der Waals surface area contributed by atoms with Crippen LogP contribution in [0.15, 0.2) is 94.0 Å². The van der Waals surface area contributed by atoms with Crippen LogP contribution in [0.1, 0.15) is 23.6 Å². The maximum absolute atomic E-state index is 13.5. The Morgan fingerprint density at radius 1 is 0.972 bits per heavy atom. The predicted molar refractivity (Wildman–Crippen MR) is 141 cm³/mol. The van der Waals surface area contributed by atoms with Crippen LogP contribution in [0.2, 0.25) is 0 Å². The van der Waals surface area contributed by atoms with Gasteiger partial charge in [0.05, 0.1) is 11.1 Å². The lowest BCUT2D eigenvalue weighted by Crippen LogP contribution is -2.05. The average molecular weight is 546 g/mol. The molecule has 5 nitrogen and oxygen atoms in total. The summed E-state index contributed by atoms with van der Waals surface area (Å²) >= 11 is 3.53. The quantitative estimate of drug-likeness (QED) is 0.184. The van der Waals surface area contributed by atoms with E-state index < -0.39 is 5.97 Å². The number of rotatable bonds is 7. The zero-order valence-electron chi connectivity index (χ0n) is 19.3. The van der Waals surface area contributed by atoms with Gasteiger partial charge in [-0.05, 0) is 87.2 Å². The SMILES string of the molecule is CCOc1cc(/C=C2\N=C(c3ccc4ccccc4c3)OC2=O)cc(Br)c1OCc1cccc(F)c1. The molecular weight excluding hydrogens is 525 g/mol. The highest BCUT2D eigenvalue weighted by Crippen LogP contribution is 2.38. The molecule has 4 aromatic carbocycles. The maximum Gasteiger partial charge on any atom is 0.363 e. The van der Waals surface area contributed by atoms with Gasteiger partial charge in [-0.25, -0.2) is 14.2 Å². The van der Waals surface area contributed by atoms with E-state index in [1.807, 2.05) is 49.4 Å². The lowest BCUT2D eigenvalue weighted by molar-refractivity contribution is -0.129. The fraction of sp³-hybridized carbons (Fsp3) is 0.103. The number of cyclic esters (lactones) is 1. The third kappa shape index (κ3) is 5.16. The number of benzene rings is 4. The lowest BCUT2D eigenvalue weighted by atomic mass is 10.1. The van der Waals surface area contributed by atoms with Crippen molar-refractivity contribution in [3.8, 4) is 11.5 Å². The molecule has 5 rings (SSSR count). The summed E-state index contributed by atoms with van der Waals surface area (Å²) in [4.78, 5) is 17.0. The van der Waals surface area contributed by atoms with Gasteiger partial charge in [-0.15, -0.1) is 0 Å². The van der Waals surface area contributed by atoms with Gasteiger partial charge in [0.15, 0.2) is 17.2 Å². The molecule has 36 heavy (non-hydrogen) atoms. The molecule has 0 saturated carbocycles. The first-order chi connectivity index (χ1) is 17.5. The van der Waals surface area contributed by atoms with Gasteiger partial charge in [0.25, 0.3) is 0 Å². The first kappa shape index (κ1) is 23.8. The monoisotopic (exact) mass is 545 g/mol. The summed E-state index contributed by atoms with van der Waals surface area (Å²) in [6.07, 6.45) is 1.64. The summed E-state index contributed by atoms with van der Waals surface area (Å²) in [6, 6.07) is 23.5. The van der Waals surface area contributed by atoms with Crippen molar-refractivity contribution in [2.75, 3.05) is 6.61 Å². The van der Waals surface area contributed by atoms with Gasteiger partial charge >= 0.3 is 5.97 Å². The van der Waals surface area contributed by atoms with Crippen LogP contribution in [0, 0.1) is 5.82 Å². The van der Waals surface area contributed by atoms with Gasteiger partial charge in [0.2, 0.25) is 5.90 Å². The van der Waals surface area contributed by atoms with Gasteiger partial charge < -0.3 is 14.2 Å². The number of ether oxygens (including phenoxy) is 3. The molecule has 0 aromatic heterocycles. The molecule has 1 aliphatic heterocycles. The van der Waals surface area contributed by atoms with Gasteiger partial charge in [-0.3, -0.25) is 0 Å². The summed E-state index contributed by atoms with van der Waals surface area (Å²) in [6.45, 7) is 2.45. The van der Waals surface area contributed by atoms with Crippen LogP contribution >= 0.6 is 15.9 Å². The molecule has 4 aromatic rings. The van der Waals surface area contributed by atoms with Crippen molar-refractivity contribution < 1.29 is 23.4 Å². The number of esters is 1. The van der Waals surface area contributed by atoms with Crippen molar-refractivity contribution in [3.63, 3.8) is 0 Å². The van der Waals surface area contributed by atoms with E-state index in [1.54, 1.807) is 30.3 Å². The van der Waals surface area contributed by atoms with E-state index in [4.69, 9.17) is 14.2 Å². The maximum atomic E-state index is 13.5. The van der Waals surface area contributed by atoms with E-state index in [2.05, 4.69) is 20.9 Å². The largest absolute Gasteiger partial charge is 0.490 e. The average Bonchev–Trinajstić information content (AvgIpc) is 3.23. The number of carbonyl (C=O) groups excluding carboxylic acids is 1. The molecule has 0 fully saturated rings. The number of halogens is 2. The van der Waals surface area contributed by atoms with E-state index in [0.717, 1.165) is 16.3 Å². The van der Waals surface area contributed by atoms with Crippen LogP contribution in [0.25, 0.3) is 16.8 Å². The predicted octanol–water partition coefficient (Wildman–Crippen LogP) is 7.06. The zero-order valence-corrected chi connectivity index (χ0v) is 20.9.